The molecular weight excluding hydrogens is 355 g/mol. The average molecular weight is 369 g/mol. The van der Waals surface area contributed by atoms with E-state index < -0.39 is 11.9 Å². The monoisotopic (exact) mass is 368 g/mol. The Kier molecular flexibility index (Phi) is 6.61. The molecule has 0 aliphatic carbocycles. The van der Waals surface area contributed by atoms with E-state index in [1.54, 1.807) is 6.07 Å². The number of methoxy groups -OCH3 is 1. The molecule has 0 spiro atoms. The van der Waals surface area contributed by atoms with Gasteiger partial charge in [0.05, 0.1) is 22.8 Å². The number of hydrogen-bond donors (Lipinski definition) is 0. The van der Waals surface area contributed by atoms with Crippen molar-refractivity contribution >= 4 is 35.1 Å². The van der Waals surface area contributed by atoms with Gasteiger partial charge in [0, 0.05) is 12.1 Å². The number of benzene rings is 2. The second-order valence-electron chi connectivity index (χ2n) is 4.67. The Balaban J connectivity index is 2.00. The Hall–Kier alpha value is -2.08. The summed E-state index contributed by atoms with van der Waals surface area (Å²) in [5, 5.41) is 0.624. The first kappa shape index (κ1) is 18.3. The average Bonchev–Trinajstić information content (AvgIpc) is 2.55. The third-order valence-corrected chi connectivity index (χ3v) is 3.52. The van der Waals surface area contributed by atoms with Crippen molar-refractivity contribution in [3.63, 3.8) is 0 Å². The van der Waals surface area contributed by atoms with Crippen LogP contribution in [0.5, 0.6) is 5.75 Å². The highest BCUT2D eigenvalue weighted by molar-refractivity contribution is 6.36. The summed E-state index contributed by atoms with van der Waals surface area (Å²) >= 11 is 11.7. The molecule has 2 aromatic rings. The minimum Gasteiger partial charge on any atom is -0.460 e. The lowest BCUT2D eigenvalue weighted by Gasteiger charge is -2.07. The lowest BCUT2D eigenvalue weighted by atomic mass is 10.2. The zero-order valence-corrected chi connectivity index (χ0v) is 14.3. The van der Waals surface area contributed by atoms with E-state index in [1.165, 1.54) is 43.5 Å². The maximum absolute atomic E-state index is 12.1. The molecule has 0 saturated heterocycles. The Morgan fingerprint density at radius 3 is 2.29 bits per heavy atom. The van der Waals surface area contributed by atoms with Gasteiger partial charge in [0.2, 0.25) is 0 Å². The lowest BCUT2D eigenvalue weighted by Crippen LogP contribution is -2.11. The molecule has 0 N–H and O–H groups in total. The summed E-state index contributed by atoms with van der Waals surface area (Å²) in [5.41, 5.74) is 0.541. The van der Waals surface area contributed by atoms with Gasteiger partial charge in [-0.25, -0.2) is 9.59 Å². The minimum absolute atomic E-state index is 0.168. The summed E-state index contributed by atoms with van der Waals surface area (Å²) < 4.78 is 15.0. The van der Waals surface area contributed by atoms with E-state index >= 15 is 0 Å². The molecular formula is C17H14Cl2O5. The van der Waals surface area contributed by atoms with Gasteiger partial charge in [-0.3, -0.25) is 0 Å². The van der Waals surface area contributed by atoms with Gasteiger partial charge >= 0.3 is 11.9 Å². The highest BCUT2D eigenvalue weighted by Crippen LogP contribution is 2.23. The van der Waals surface area contributed by atoms with E-state index in [0.717, 1.165) is 0 Å². The van der Waals surface area contributed by atoms with Crippen molar-refractivity contribution in [1.82, 2.24) is 0 Å². The van der Waals surface area contributed by atoms with Crippen molar-refractivity contribution < 1.29 is 23.8 Å². The molecule has 5 nitrogen and oxygen atoms in total. The van der Waals surface area contributed by atoms with Gasteiger partial charge in [-0.2, -0.15) is 0 Å². The SMILES string of the molecule is COCCOC(=O)c1ccc(OC(=O)c2ccc(Cl)cc2Cl)cc1. The number of ether oxygens (including phenoxy) is 3. The molecule has 0 amide bonds. The molecule has 24 heavy (non-hydrogen) atoms. The second-order valence-corrected chi connectivity index (χ2v) is 5.51. The van der Waals surface area contributed by atoms with E-state index in [0.29, 0.717) is 17.2 Å². The molecule has 0 aromatic heterocycles. The number of carbonyl (C=O) groups excluding carboxylic acids is 2. The van der Waals surface area contributed by atoms with Gasteiger partial charge in [0.25, 0.3) is 0 Å². The van der Waals surface area contributed by atoms with Crippen molar-refractivity contribution in [2.45, 2.75) is 0 Å². The van der Waals surface area contributed by atoms with E-state index in [-0.39, 0.29) is 22.9 Å². The van der Waals surface area contributed by atoms with Crippen LogP contribution in [0.15, 0.2) is 42.5 Å². The van der Waals surface area contributed by atoms with E-state index in [4.69, 9.17) is 37.4 Å². The van der Waals surface area contributed by atoms with Crippen LogP contribution in [-0.4, -0.2) is 32.3 Å². The third kappa shape index (κ3) is 4.96. The zero-order valence-electron chi connectivity index (χ0n) is 12.8. The Labute approximate surface area is 149 Å². The van der Waals surface area contributed by atoms with Gasteiger partial charge in [0.1, 0.15) is 12.4 Å². The first-order chi connectivity index (χ1) is 11.5. The molecule has 126 valence electrons. The van der Waals surface area contributed by atoms with Gasteiger partial charge in [-0.15, -0.1) is 0 Å². The van der Waals surface area contributed by atoms with E-state index in [9.17, 15) is 9.59 Å². The largest absolute Gasteiger partial charge is 0.460 e. The highest BCUT2D eigenvalue weighted by atomic mass is 35.5. The number of rotatable bonds is 6. The van der Waals surface area contributed by atoms with Crippen LogP contribution in [0.25, 0.3) is 0 Å². The Bertz CT molecular complexity index is 728. The summed E-state index contributed by atoms with van der Waals surface area (Å²) in [7, 11) is 1.52. The predicted octanol–water partition coefficient (Wildman–Crippen LogP) is 4.02. The molecule has 7 heteroatoms. The minimum atomic E-state index is -0.618. The van der Waals surface area contributed by atoms with Crippen molar-refractivity contribution in [3.05, 3.63) is 63.6 Å². The summed E-state index contributed by atoms with van der Waals surface area (Å²) in [4.78, 5) is 23.8. The lowest BCUT2D eigenvalue weighted by molar-refractivity contribution is 0.0388. The molecule has 0 heterocycles. The van der Waals surface area contributed by atoms with E-state index in [2.05, 4.69) is 0 Å². The molecule has 0 saturated carbocycles. The Morgan fingerprint density at radius 1 is 0.958 bits per heavy atom. The number of halogens is 2. The van der Waals surface area contributed by atoms with Gasteiger partial charge in [0.15, 0.2) is 0 Å². The molecule has 0 atom stereocenters. The first-order valence-electron chi connectivity index (χ1n) is 6.94. The summed E-state index contributed by atoms with van der Waals surface area (Å²) in [6.45, 7) is 0.491. The topological polar surface area (TPSA) is 61.8 Å². The summed E-state index contributed by atoms with van der Waals surface area (Å²) in [5.74, 6) is -0.822. The Morgan fingerprint density at radius 2 is 1.67 bits per heavy atom. The van der Waals surface area contributed by atoms with Crippen LogP contribution >= 0.6 is 23.2 Å². The molecule has 0 aliphatic rings. The van der Waals surface area contributed by atoms with Crippen molar-refractivity contribution in [2.24, 2.45) is 0 Å². The van der Waals surface area contributed by atoms with Gasteiger partial charge in [-0.1, -0.05) is 23.2 Å². The van der Waals surface area contributed by atoms with E-state index in [1.807, 2.05) is 0 Å². The van der Waals surface area contributed by atoms with Gasteiger partial charge < -0.3 is 14.2 Å². The summed E-state index contributed by atoms with van der Waals surface area (Å²) in [6.07, 6.45) is 0. The van der Waals surface area contributed by atoms with Crippen LogP contribution in [0, 0.1) is 0 Å². The van der Waals surface area contributed by atoms with Crippen molar-refractivity contribution in [1.29, 1.82) is 0 Å². The molecule has 0 bridgehead atoms. The first-order valence-corrected chi connectivity index (χ1v) is 7.70. The fraction of sp³-hybridized carbons (Fsp3) is 0.176. The summed E-state index contributed by atoms with van der Waals surface area (Å²) in [6, 6.07) is 10.5. The molecule has 0 radical (unpaired) electrons. The third-order valence-electron chi connectivity index (χ3n) is 2.97. The van der Waals surface area contributed by atoms with Gasteiger partial charge in [-0.05, 0) is 42.5 Å². The van der Waals surface area contributed by atoms with Crippen LogP contribution < -0.4 is 4.74 Å². The van der Waals surface area contributed by atoms with Crippen LogP contribution in [-0.2, 0) is 9.47 Å². The zero-order chi connectivity index (χ0) is 17.5. The quantitative estimate of drug-likeness (QED) is 0.437. The second kappa shape index (κ2) is 8.68. The fourth-order valence-electron chi connectivity index (χ4n) is 1.78. The molecule has 0 aliphatic heterocycles. The normalized spacial score (nSPS) is 10.3. The van der Waals surface area contributed by atoms with Crippen LogP contribution in [0.3, 0.4) is 0 Å². The van der Waals surface area contributed by atoms with Crippen LogP contribution in [0.2, 0.25) is 10.0 Å². The molecule has 2 rings (SSSR count). The van der Waals surface area contributed by atoms with Crippen LogP contribution in [0.1, 0.15) is 20.7 Å². The molecule has 0 fully saturated rings. The maximum atomic E-state index is 12.1. The molecule has 0 unspecified atom stereocenters. The number of hydrogen-bond acceptors (Lipinski definition) is 5. The van der Waals surface area contributed by atoms with Crippen LogP contribution in [0.4, 0.5) is 0 Å². The molecule has 2 aromatic carbocycles. The fourth-order valence-corrected chi connectivity index (χ4v) is 2.26. The standard InChI is InChI=1S/C17H14Cl2O5/c1-22-8-9-23-16(20)11-2-5-13(6-3-11)24-17(21)14-7-4-12(18)10-15(14)19/h2-7,10H,8-9H2,1H3. The number of carbonyl (C=O) groups is 2. The highest BCUT2D eigenvalue weighted by Gasteiger charge is 2.14. The number of esters is 2. The van der Waals surface area contributed by atoms with Crippen molar-refractivity contribution in [2.75, 3.05) is 20.3 Å². The van der Waals surface area contributed by atoms with Crippen molar-refractivity contribution in [3.8, 4) is 5.75 Å². The maximum Gasteiger partial charge on any atom is 0.345 e. The predicted molar refractivity (Wildman–Crippen MR) is 90.0 cm³/mol. The smallest absolute Gasteiger partial charge is 0.345 e.